The maximum absolute atomic E-state index is 12.4. The zero-order valence-electron chi connectivity index (χ0n) is 15.1. The largest absolute Gasteiger partial charge is 0.483 e. The summed E-state index contributed by atoms with van der Waals surface area (Å²) in [6.45, 7) is 1.76. The molecule has 1 saturated carbocycles. The second-order valence-electron chi connectivity index (χ2n) is 6.65. The van der Waals surface area contributed by atoms with Crippen LogP contribution in [0.15, 0.2) is 24.5 Å². The van der Waals surface area contributed by atoms with Crippen molar-refractivity contribution in [3.8, 4) is 0 Å². The molecule has 2 aromatic rings. The molecule has 1 aliphatic rings. The third-order valence-electron chi connectivity index (χ3n) is 4.73. The van der Waals surface area contributed by atoms with E-state index in [1.165, 1.54) is 12.8 Å². The summed E-state index contributed by atoms with van der Waals surface area (Å²) in [6.07, 6.45) is 9.66. The fourth-order valence-electron chi connectivity index (χ4n) is 3.39. The maximum atomic E-state index is 12.4. The Labute approximate surface area is 153 Å². The van der Waals surface area contributed by atoms with E-state index in [0.717, 1.165) is 42.6 Å². The quantitative estimate of drug-likeness (QED) is 0.726. The number of aromatic nitrogens is 2. The molecule has 1 aliphatic carbocycles. The summed E-state index contributed by atoms with van der Waals surface area (Å²) in [5, 5.41) is 20.1. The third-order valence-corrected chi connectivity index (χ3v) is 4.73. The molecule has 2 heterocycles. The predicted molar refractivity (Wildman–Crippen MR) is 98.0 cm³/mol. The van der Waals surface area contributed by atoms with E-state index in [0.29, 0.717) is 0 Å². The van der Waals surface area contributed by atoms with Gasteiger partial charge in [-0.25, -0.2) is 4.98 Å². The highest BCUT2D eigenvalue weighted by Gasteiger charge is 2.22. The first-order chi connectivity index (χ1) is 12.6. The van der Waals surface area contributed by atoms with Gasteiger partial charge in [0.1, 0.15) is 5.65 Å². The first-order valence-corrected chi connectivity index (χ1v) is 9.03. The van der Waals surface area contributed by atoms with Crippen LogP contribution >= 0.6 is 0 Å². The van der Waals surface area contributed by atoms with Gasteiger partial charge >= 0.3 is 0 Å². The lowest BCUT2D eigenvalue weighted by Gasteiger charge is -2.26. The lowest BCUT2D eigenvalue weighted by molar-refractivity contribution is -0.123. The number of pyridine rings is 1. The Kier molecular flexibility index (Phi) is 7.59. The molecule has 0 radical (unpaired) electrons. The fourth-order valence-corrected chi connectivity index (χ4v) is 3.39. The zero-order valence-corrected chi connectivity index (χ0v) is 15.1. The van der Waals surface area contributed by atoms with Gasteiger partial charge in [-0.2, -0.15) is 0 Å². The van der Waals surface area contributed by atoms with E-state index in [4.69, 9.17) is 9.90 Å². The van der Waals surface area contributed by atoms with Crippen molar-refractivity contribution in [2.75, 3.05) is 0 Å². The molecule has 3 rings (SSSR count). The highest BCUT2D eigenvalue weighted by molar-refractivity contribution is 5.78. The van der Waals surface area contributed by atoms with E-state index in [1.807, 2.05) is 29.7 Å². The van der Waals surface area contributed by atoms with Crippen LogP contribution < -0.4 is 5.32 Å². The van der Waals surface area contributed by atoms with Gasteiger partial charge in [0.25, 0.3) is 6.47 Å². The molecule has 0 bridgehead atoms. The number of rotatable bonds is 3. The van der Waals surface area contributed by atoms with Crippen LogP contribution in [0.2, 0.25) is 0 Å². The molecule has 0 aliphatic heterocycles. The van der Waals surface area contributed by atoms with Gasteiger partial charge in [-0.05, 0) is 31.4 Å². The summed E-state index contributed by atoms with van der Waals surface area (Å²) in [7, 11) is 0. The van der Waals surface area contributed by atoms with E-state index in [-0.39, 0.29) is 24.8 Å². The molecule has 7 nitrogen and oxygen atoms in total. The number of aliphatic hydroxyl groups is 1. The van der Waals surface area contributed by atoms with Gasteiger partial charge in [-0.3, -0.25) is 9.59 Å². The second-order valence-corrected chi connectivity index (χ2v) is 6.65. The van der Waals surface area contributed by atoms with Gasteiger partial charge in [0.05, 0.1) is 24.3 Å². The molecular weight excluding hydrogens is 334 g/mol. The summed E-state index contributed by atoms with van der Waals surface area (Å²) in [4.78, 5) is 25.1. The molecule has 26 heavy (non-hydrogen) atoms. The van der Waals surface area contributed by atoms with Gasteiger partial charge in [-0.15, -0.1) is 0 Å². The number of carbonyl (C=O) groups is 2. The number of aliphatic hydroxyl groups excluding tert-OH is 1. The van der Waals surface area contributed by atoms with E-state index in [1.54, 1.807) is 6.20 Å². The summed E-state index contributed by atoms with van der Waals surface area (Å²) in [6, 6.07) is 3.85. The van der Waals surface area contributed by atoms with Crippen LogP contribution in [-0.2, 0) is 16.0 Å². The number of nitrogens with one attached hydrogen (secondary N) is 1. The number of nitrogens with zero attached hydrogens (tertiary/aromatic N) is 2. The first kappa shape index (κ1) is 19.9. The normalized spacial score (nSPS) is 20.4. The number of hydrogen-bond acceptors (Lipinski definition) is 4. The topological polar surface area (TPSA) is 104 Å². The van der Waals surface area contributed by atoms with Crippen LogP contribution in [0.3, 0.4) is 0 Å². The Morgan fingerprint density at radius 1 is 1.35 bits per heavy atom. The SMILES string of the molecule is Cc1cccn2c(CC(=O)N[C@H]3CCCCCC[C@@H]3O)cnc12.O=CO. The Morgan fingerprint density at radius 3 is 2.77 bits per heavy atom. The minimum absolute atomic E-state index is 0.0436. The maximum Gasteiger partial charge on any atom is 0.290 e. The van der Waals surface area contributed by atoms with Gasteiger partial charge in [0.15, 0.2) is 0 Å². The van der Waals surface area contributed by atoms with Gasteiger partial charge in [0, 0.05) is 12.4 Å². The molecule has 1 fully saturated rings. The second kappa shape index (κ2) is 9.91. The molecule has 142 valence electrons. The van der Waals surface area contributed by atoms with Crippen LogP contribution in [0.5, 0.6) is 0 Å². The van der Waals surface area contributed by atoms with E-state index in [9.17, 15) is 9.90 Å². The molecule has 2 aromatic heterocycles. The minimum atomic E-state index is -0.427. The summed E-state index contributed by atoms with van der Waals surface area (Å²) in [5.74, 6) is -0.0436. The standard InChI is InChI=1S/C18H25N3O2.CH2O2/c1-13-7-6-10-21-14(12-19-18(13)21)11-17(23)20-15-8-4-2-3-5-9-16(15)22;2-1-3/h6-7,10,12,15-16,22H,2-5,8-9,11H2,1H3,(H,20,23);1H,(H,2,3)/t15-,16-;/m0./s1. The minimum Gasteiger partial charge on any atom is -0.483 e. The summed E-state index contributed by atoms with van der Waals surface area (Å²) >= 11 is 0. The molecule has 3 N–H and O–H groups in total. The molecule has 1 amide bonds. The Balaban J connectivity index is 0.000000758. The van der Waals surface area contributed by atoms with Crippen LogP contribution in [0, 0.1) is 6.92 Å². The molecule has 0 unspecified atom stereocenters. The fraction of sp³-hybridized carbons (Fsp3) is 0.526. The van der Waals surface area contributed by atoms with Crippen molar-refractivity contribution in [1.82, 2.24) is 14.7 Å². The number of amides is 1. The average Bonchev–Trinajstić information content (AvgIpc) is 3.00. The molecule has 0 saturated heterocycles. The Bertz CT molecular complexity index is 729. The van der Waals surface area contributed by atoms with Crippen molar-refractivity contribution in [3.05, 3.63) is 35.8 Å². The Hall–Kier alpha value is -2.41. The van der Waals surface area contributed by atoms with Crippen LogP contribution in [0.25, 0.3) is 5.65 Å². The van der Waals surface area contributed by atoms with Crippen molar-refractivity contribution in [2.45, 2.75) is 64.0 Å². The number of aryl methyl sites for hydroxylation is 1. The predicted octanol–water partition coefficient (Wildman–Crippen LogP) is 2.09. The number of hydrogen-bond donors (Lipinski definition) is 3. The van der Waals surface area contributed by atoms with Crippen molar-refractivity contribution >= 4 is 18.0 Å². The number of carbonyl (C=O) groups excluding carboxylic acids is 1. The smallest absolute Gasteiger partial charge is 0.290 e. The molecular formula is C19H27N3O4. The van der Waals surface area contributed by atoms with Crippen molar-refractivity contribution < 1.29 is 19.8 Å². The van der Waals surface area contributed by atoms with Crippen molar-refractivity contribution in [2.24, 2.45) is 0 Å². The van der Waals surface area contributed by atoms with E-state index >= 15 is 0 Å². The average molecular weight is 361 g/mol. The van der Waals surface area contributed by atoms with Gasteiger partial charge < -0.3 is 19.9 Å². The van der Waals surface area contributed by atoms with Crippen molar-refractivity contribution in [3.63, 3.8) is 0 Å². The van der Waals surface area contributed by atoms with E-state index in [2.05, 4.69) is 10.3 Å². The van der Waals surface area contributed by atoms with Crippen LogP contribution in [0.4, 0.5) is 0 Å². The number of carboxylic acid groups (broad SMARTS) is 1. The lowest BCUT2D eigenvalue weighted by atomic mass is 9.94. The van der Waals surface area contributed by atoms with Gasteiger partial charge in [0.2, 0.25) is 5.91 Å². The molecule has 0 spiro atoms. The summed E-state index contributed by atoms with van der Waals surface area (Å²) in [5.41, 5.74) is 2.86. The highest BCUT2D eigenvalue weighted by atomic mass is 16.3. The lowest BCUT2D eigenvalue weighted by Crippen LogP contribution is -2.44. The van der Waals surface area contributed by atoms with Gasteiger partial charge in [-0.1, -0.05) is 31.7 Å². The zero-order chi connectivity index (χ0) is 18.9. The van der Waals surface area contributed by atoms with Crippen LogP contribution in [-0.4, -0.2) is 44.1 Å². The van der Waals surface area contributed by atoms with E-state index < -0.39 is 6.10 Å². The molecule has 0 aromatic carbocycles. The highest BCUT2D eigenvalue weighted by Crippen LogP contribution is 2.18. The monoisotopic (exact) mass is 361 g/mol. The Morgan fingerprint density at radius 2 is 2.04 bits per heavy atom. The molecule has 2 atom stereocenters. The summed E-state index contributed by atoms with van der Waals surface area (Å²) < 4.78 is 1.96. The third kappa shape index (κ3) is 5.29. The van der Waals surface area contributed by atoms with Crippen molar-refractivity contribution in [1.29, 1.82) is 0 Å². The first-order valence-electron chi connectivity index (χ1n) is 9.03. The van der Waals surface area contributed by atoms with Crippen LogP contribution in [0.1, 0.15) is 49.8 Å². The number of fused-ring (bicyclic) bond motifs is 1. The number of imidazole rings is 1. The molecule has 7 heteroatoms.